The van der Waals surface area contributed by atoms with Gasteiger partial charge in [-0.05, 0) is 60.7 Å². The van der Waals surface area contributed by atoms with Crippen LogP contribution in [0.4, 0.5) is 4.39 Å². The van der Waals surface area contributed by atoms with Crippen LogP contribution in [-0.2, 0) is 0 Å². The Hall–Kier alpha value is -2.36. The summed E-state index contributed by atoms with van der Waals surface area (Å²) in [4.78, 5) is 12.3. The van der Waals surface area contributed by atoms with Crippen molar-refractivity contribution in [3.63, 3.8) is 0 Å². The van der Waals surface area contributed by atoms with Crippen LogP contribution in [0, 0.1) is 12.7 Å². The van der Waals surface area contributed by atoms with Crippen LogP contribution >= 0.6 is 0 Å². The van der Waals surface area contributed by atoms with Crippen molar-refractivity contribution in [3.8, 4) is 5.75 Å². The van der Waals surface area contributed by atoms with Gasteiger partial charge >= 0.3 is 0 Å². The second-order valence-electron chi connectivity index (χ2n) is 6.28. The minimum atomic E-state index is -0.517. The van der Waals surface area contributed by atoms with Crippen LogP contribution in [0.3, 0.4) is 0 Å². The molecule has 2 aromatic rings. The van der Waals surface area contributed by atoms with Gasteiger partial charge in [-0.2, -0.15) is 0 Å². The first-order chi connectivity index (χ1) is 11.3. The number of halogens is 1. The lowest BCUT2D eigenvalue weighted by Crippen LogP contribution is -2.28. The normalized spacial score (nSPS) is 12.1. The van der Waals surface area contributed by atoms with Gasteiger partial charge in [-0.15, -0.1) is 0 Å². The molecule has 3 nitrogen and oxygen atoms in total. The molecule has 0 radical (unpaired) electrons. The molecule has 0 aliphatic rings. The number of carbonyl (C=O) groups is 1. The van der Waals surface area contributed by atoms with Crippen LogP contribution < -0.4 is 10.1 Å². The monoisotopic (exact) mass is 329 g/mol. The Kier molecular flexibility index (Phi) is 5.60. The van der Waals surface area contributed by atoms with Gasteiger partial charge in [0.1, 0.15) is 11.6 Å². The van der Waals surface area contributed by atoms with Crippen molar-refractivity contribution in [2.45, 2.75) is 39.7 Å². The van der Waals surface area contributed by atoms with E-state index in [1.54, 1.807) is 19.2 Å². The number of amides is 1. The van der Waals surface area contributed by atoms with Crippen LogP contribution in [-0.4, -0.2) is 13.0 Å². The second-order valence-corrected chi connectivity index (χ2v) is 6.28. The fourth-order valence-corrected chi connectivity index (χ4v) is 2.81. The Labute approximate surface area is 142 Å². The molecule has 24 heavy (non-hydrogen) atoms. The number of rotatable bonds is 5. The number of hydrogen-bond donors (Lipinski definition) is 1. The van der Waals surface area contributed by atoms with Gasteiger partial charge in [-0.1, -0.05) is 26.0 Å². The molecule has 0 saturated heterocycles. The van der Waals surface area contributed by atoms with E-state index < -0.39 is 11.7 Å². The van der Waals surface area contributed by atoms with E-state index in [9.17, 15) is 9.18 Å². The molecule has 0 unspecified atom stereocenters. The predicted molar refractivity (Wildman–Crippen MR) is 94.1 cm³/mol. The molecule has 0 fully saturated rings. The summed E-state index contributed by atoms with van der Waals surface area (Å²) in [6.07, 6.45) is 0. The van der Waals surface area contributed by atoms with Crippen LogP contribution in [0.25, 0.3) is 0 Å². The SMILES string of the molecule is COc1cc(C)c([C@H](C)NC(=O)c2ccccc2F)cc1C(C)C. The smallest absolute Gasteiger partial charge is 0.254 e. The van der Waals surface area contributed by atoms with Gasteiger partial charge < -0.3 is 10.1 Å². The molecule has 1 amide bonds. The van der Waals surface area contributed by atoms with E-state index in [1.165, 1.54) is 12.1 Å². The quantitative estimate of drug-likeness (QED) is 0.859. The largest absolute Gasteiger partial charge is 0.496 e. The average molecular weight is 329 g/mol. The number of methoxy groups -OCH3 is 1. The maximum absolute atomic E-state index is 13.8. The van der Waals surface area contributed by atoms with Gasteiger partial charge in [0.25, 0.3) is 5.91 Å². The molecular weight excluding hydrogens is 305 g/mol. The lowest BCUT2D eigenvalue weighted by atomic mass is 9.93. The molecule has 0 saturated carbocycles. The average Bonchev–Trinajstić information content (AvgIpc) is 2.54. The third kappa shape index (κ3) is 3.75. The van der Waals surface area contributed by atoms with Crippen molar-refractivity contribution in [1.82, 2.24) is 5.32 Å². The fraction of sp³-hybridized carbons (Fsp3) is 0.350. The number of aryl methyl sites for hydroxylation is 1. The molecule has 0 bridgehead atoms. The molecule has 0 aliphatic carbocycles. The minimum Gasteiger partial charge on any atom is -0.496 e. The second kappa shape index (κ2) is 7.47. The maximum Gasteiger partial charge on any atom is 0.254 e. The maximum atomic E-state index is 13.8. The molecule has 1 atom stereocenters. The Morgan fingerprint density at radius 1 is 1.12 bits per heavy atom. The molecule has 0 spiro atoms. The summed E-state index contributed by atoms with van der Waals surface area (Å²) in [5.41, 5.74) is 3.17. The topological polar surface area (TPSA) is 38.3 Å². The summed E-state index contributed by atoms with van der Waals surface area (Å²) in [5, 5.41) is 2.88. The molecule has 2 rings (SSSR count). The summed E-state index contributed by atoms with van der Waals surface area (Å²) in [6.45, 7) is 8.07. The highest BCUT2D eigenvalue weighted by atomic mass is 19.1. The predicted octanol–water partition coefficient (Wildman–Crippen LogP) is 4.76. The van der Waals surface area contributed by atoms with E-state index in [1.807, 2.05) is 19.9 Å². The first-order valence-corrected chi connectivity index (χ1v) is 8.09. The van der Waals surface area contributed by atoms with Gasteiger partial charge in [0.05, 0.1) is 18.7 Å². The third-order valence-electron chi connectivity index (χ3n) is 4.17. The van der Waals surface area contributed by atoms with Gasteiger partial charge in [0.2, 0.25) is 0 Å². The summed E-state index contributed by atoms with van der Waals surface area (Å²) < 4.78 is 19.2. The van der Waals surface area contributed by atoms with E-state index in [0.717, 1.165) is 22.4 Å². The lowest BCUT2D eigenvalue weighted by molar-refractivity contribution is 0.0935. The highest BCUT2D eigenvalue weighted by molar-refractivity contribution is 5.94. The van der Waals surface area contributed by atoms with Gasteiger partial charge in [0, 0.05) is 0 Å². The molecular formula is C20H24FNO2. The Morgan fingerprint density at radius 3 is 2.38 bits per heavy atom. The molecule has 0 aliphatic heterocycles. The first kappa shape index (κ1) is 18.0. The van der Waals surface area contributed by atoms with E-state index >= 15 is 0 Å². The van der Waals surface area contributed by atoms with Gasteiger partial charge in [-0.3, -0.25) is 4.79 Å². The minimum absolute atomic E-state index is 0.0552. The van der Waals surface area contributed by atoms with Crippen LogP contribution in [0.1, 0.15) is 59.8 Å². The van der Waals surface area contributed by atoms with Crippen LogP contribution in [0.15, 0.2) is 36.4 Å². The molecule has 4 heteroatoms. The Bertz CT molecular complexity index is 740. The number of benzene rings is 2. The zero-order valence-electron chi connectivity index (χ0n) is 14.8. The Balaban J connectivity index is 2.29. The molecule has 2 aromatic carbocycles. The van der Waals surface area contributed by atoms with Crippen molar-refractivity contribution in [1.29, 1.82) is 0 Å². The van der Waals surface area contributed by atoms with Crippen LogP contribution in [0.2, 0.25) is 0 Å². The first-order valence-electron chi connectivity index (χ1n) is 8.09. The summed E-state index contributed by atoms with van der Waals surface area (Å²) >= 11 is 0. The lowest BCUT2D eigenvalue weighted by Gasteiger charge is -2.21. The van der Waals surface area contributed by atoms with Crippen molar-refractivity contribution in [2.75, 3.05) is 7.11 Å². The van der Waals surface area contributed by atoms with Crippen molar-refractivity contribution in [2.24, 2.45) is 0 Å². The molecule has 0 heterocycles. The van der Waals surface area contributed by atoms with E-state index in [2.05, 4.69) is 25.2 Å². The number of hydrogen-bond acceptors (Lipinski definition) is 2. The van der Waals surface area contributed by atoms with E-state index in [4.69, 9.17) is 4.74 Å². The van der Waals surface area contributed by atoms with Gasteiger partial charge in [-0.25, -0.2) is 4.39 Å². The zero-order valence-corrected chi connectivity index (χ0v) is 14.8. The summed E-state index contributed by atoms with van der Waals surface area (Å²) in [6, 6.07) is 9.80. The summed E-state index contributed by atoms with van der Waals surface area (Å²) in [5.74, 6) is 0.214. The van der Waals surface area contributed by atoms with Gasteiger partial charge in [0.15, 0.2) is 0 Å². The molecule has 1 N–H and O–H groups in total. The standard InChI is InChI=1S/C20H24FNO2/c1-12(2)16-11-17(13(3)10-19(16)24-5)14(4)22-20(23)15-8-6-7-9-18(15)21/h6-12,14H,1-5H3,(H,22,23)/t14-/m0/s1. The van der Waals surface area contributed by atoms with E-state index in [0.29, 0.717) is 5.92 Å². The van der Waals surface area contributed by atoms with Crippen molar-refractivity contribution < 1.29 is 13.9 Å². The summed E-state index contributed by atoms with van der Waals surface area (Å²) in [7, 11) is 1.66. The van der Waals surface area contributed by atoms with Crippen molar-refractivity contribution >= 4 is 5.91 Å². The molecule has 0 aromatic heterocycles. The third-order valence-corrected chi connectivity index (χ3v) is 4.17. The molecule has 128 valence electrons. The highest BCUT2D eigenvalue weighted by Crippen LogP contribution is 2.32. The number of carbonyl (C=O) groups excluding carboxylic acids is 1. The highest BCUT2D eigenvalue weighted by Gasteiger charge is 2.18. The van der Waals surface area contributed by atoms with E-state index in [-0.39, 0.29) is 11.6 Å². The number of nitrogens with one attached hydrogen (secondary N) is 1. The number of ether oxygens (including phenoxy) is 1. The van der Waals surface area contributed by atoms with Crippen LogP contribution in [0.5, 0.6) is 5.75 Å². The zero-order chi connectivity index (χ0) is 17.9. The fourth-order valence-electron chi connectivity index (χ4n) is 2.81. The van der Waals surface area contributed by atoms with Crippen molar-refractivity contribution in [3.05, 3.63) is 64.5 Å². The Morgan fingerprint density at radius 2 is 1.79 bits per heavy atom.